The Balaban J connectivity index is 1.47. The number of benzene rings is 3. The number of carbonyl (C=O) groups is 2. The lowest BCUT2D eigenvalue weighted by atomic mass is 10.2. The molecule has 4 aromatic rings. The number of amides is 1. The molecule has 0 radical (unpaired) electrons. The second kappa shape index (κ2) is 12.7. The zero-order chi connectivity index (χ0) is 26.9. The number of nitrogens with zero attached hydrogens (tertiary/aromatic N) is 4. The Kier molecular flexibility index (Phi) is 8.96. The first-order valence-electron chi connectivity index (χ1n) is 11.2. The number of hydrogen-bond donors (Lipinski definition) is 2. The monoisotopic (exact) mass is 551 g/mol. The molecule has 1 amide bonds. The van der Waals surface area contributed by atoms with E-state index in [9.17, 15) is 9.59 Å². The molecule has 0 fully saturated rings. The lowest BCUT2D eigenvalue weighted by Crippen LogP contribution is -2.20. The molecule has 2 N–H and O–H groups in total. The quantitative estimate of drug-likeness (QED) is 0.160. The van der Waals surface area contributed by atoms with Crippen molar-refractivity contribution in [1.82, 2.24) is 20.2 Å². The van der Waals surface area contributed by atoms with Crippen LogP contribution in [0.15, 0.2) is 83.1 Å². The van der Waals surface area contributed by atoms with Gasteiger partial charge in [0.05, 0.1) is 19.1 Å². The maximum absolute atomic E-state index is 12.5. The van der Waals surface area contributed by atoms with E-state index in [0.717, 1.165) is 11.3 Å². The maximum atomic E-state index is 12.5. The fourth-order valence-corrected chi connectivity index (χ4v) is 4.18. The van der Waals surface area contributed by atoms with Crippen LogP contribution in [0, 0.1) is 0 Å². The van der Waals surface area contributed by atoms with Gasteiger partial charge >= 0.3 is 5.97 Å². The van der Waals surface area contributed by atoms with Gasteiger partial charge in [0.15, 0.2) is 17.6 Å². The molecule has 0 atom stereocenters. The van der Waals surface area contributed by atoms with Crippen molar-refractivity contribution < 1.29 is 24.2 Å². The highest BCUT2D eigenvalue weighted by molar-refractivity contribution is 7.99. The van der Waals surface area contributed by atoms with Crippen molar-refractivity contribution in [3.8, 4) is 28.6 Å². The van der Waals surface area contributed by atoms with Gasteiger partial charge in [-0.15, -0.1) is 10.2 Å². The third kappa shape index (κ3) is 6.90. The molecule has 38 heavy (non-hydrogen) atoms. The Hall–Kier alpha value is -4.35. The number of carboxylic acid groups (broad SMARTS) is 1. The fraction of sp³-hybridized carbons (Fsp3) is 0.115. The van der Waals surface area contributed by atoms with E-state index >= 15 is 0 Å². The number of nitrogens with one attached hydrogen (secondary N) is 1. The van der Waals surface area contributed by atoms with Gasteiger partial charge in [-0.2, -0.15) is 5.10 Å². The minimum atomic E-state index is -1.09. The molecule has 4 rings (SSSR count). The molecule has 0 saturated carbocycles. The lowest BCUT2D eigenvalue weighted by molar-refractivity contribution is -0.139. The van der Waals surface area contributed by atoms with Gasteiger partial charge in [-0.25, -0.2) is 10.2 Å². The molecule has 194 valence electrons. The Morgan fingerprint density at radius 2 is 1.82 bits per heavy atom. The summed E-state index contributed by atoms with van der Waals surface area (Å²) >= 11 is 7.27. The molecule has 0 bridgehead atoms. The van der Waals surface area contributed by atoms with Gasteiger partial charge in [0.25, 0.3) is 5.91 Å². The number of carboxylic acids is 1. The number of hydrogen-bond acceptors (Lipinski definition) is 8. The highest BCUT2D eigenvalue weighted by Crippen LogP contribution is 2.29. The molecular formula is C26H22ClN5O5S. The van der Waals surface area contributed by atoms with Gasteiger partial charge < -0.3 is 14.6 Å². The fourth-order valence-electron chi connectivity index (χ4n) is 3.31. The van der Waals surface area contributed by atoms with E-state index in [4.69, 9.17) is 26.2 Å². The minimum absolute atomic E-state index is 0.0167. The Labute approximate surface area is 227 Å². The Morgan fingerprint density at radius 3 is 2.53 bits per heavy atom. The number of ether oxygens (including phenoxy) is 2. The van der Waals surface area contributed by atoms with Crippen LogP contribution < -0.4 is 14.9 Å². The summed E-state index contributed by atoms with van der Waals surface area (Å²) in [6.07, 6.45) is 1.39. The van der Waals surface area contributed by atoms with Crippen LogP contribution in [-0.4, -0.2) is 57.4 Å². The molecular weight excluding hydrogens is 530 g/mol. The summed E-state index contributed by atoms with van der Waals surface area (Å²) < 4.78 is 12.3. The van der Waals surface area contributed by atoms with E-state index in [1.54, 1.807) is 43.5 Å². The van der Waals surface area contributed by atoms with Gasteiger partial charge in [-0.3, -0.25) is 9.36 Å². The number of carbonyl (C=O) groups excluding carboxylic acids is 1. The van der Waals surface area contributed by atoms with Crippen molar-refractivity contribution in [2.75, 3.05) is 19.5 Å². The molecule has 3 aromatic carbocycles. The van der Waals surface area contributed by atoms with Gasteiger partial charge in [-0.05, 0) is 60.7 Å². The maximum Gasteiger partial charge on any atom is 0.341 e. The molecule has 1 heterocycles. The molecule has 0 spiro atoms. The highest BCUT2D eigenvalue weighted by Gasteiger charge is 2.17. The summed E-state index contributed by atoms with van der Waals surface area (Å²) in [7, 11) is 1.60. The van der Waals surface area contributed by atoms with Crippen LogP contribution in [0.1, 0.15) is 5.56 Å². The molecule has 0 aliphatic carbocycles. The Morgan fingerprint density at radius 1 is 1.08 bits per heavy atom. The molecule has 1 aromatic heterocycles. The van der Waals surface area contributed by atoms with Crippen molar-refractivity contribution in [3.63, 3.8) is 0 Å². The number of aromatic nitrogens is 3. The summed E-state index contributed by atoms with van der Waals surface area (Å²) in [5, 5.41) is 22.6. The standard InChI is InChI=1S/C26H22ClN5O5S/c1-36-21-12-6-17(7-13-21)25-30-31-26(32(25)20-10-8-19(27)9-11-20)38-16-23(33)29-28-14-18-4-2-3-5-22(18)37-15-24(34)35/h2-14H,15-16H2,1H3,(H,29,33)(H,34,35)/b28-14+. The van der Waals surface area contributed by atoms with Crippen LogP contribution >= 0.6 is 23.4 Å². The first-order valence-corrected chi connectivity index (χ1v) is 12.5. The normalized spacial score (nSPS) is 10.9. The lowest BCUT2D eigenvalue weighted by Gasteiger charge is -2.11. The number of methoxy groups -OCH3 is 1. The van der Waals surface area contributed by atoms with Crippen LogP contribution in [0.4, 0.5) is 0 Å². The molecule has 0 unspecified atom stereocenters. The summed E-state index contributed by atoms with van der Waals surface area (Å²) in [6, 6.07) is 21.4. The molecule has 12 heteroatoms. The Bertz CT molecular complexity index is 1440. The first kappa shape index (κ1) is 26.7. The average molecular weight is 552 g/mol. The van der Waals surface area contributed by atoms with E-state index in [-0.39, 0.29) is 11.7 Å². The zero-order valence-electron chi connectivity index (χ0n) is 20.1. The number of para-hydroxylation sites is 1. The number of rotatable bonds is 11. The number of hydrazone groups is 1. The van der Waals surface area contributed by atoms with Crippen LogP contribution in [0.3, 0.4) is 0 Å². The van der Waals surface area contributed by atoms with Crippen molar-refractivity contribution in [2.45, 2.75) is 5.16 Å². The van der Waals surface area contributed by atoms with Crippen LogP contribution in [0.2, 0.25) is 5.02 Å². The third-order valence-electron chi connectivity index (χ3n) is 5.06. The van der Waals surface area contributed by atoms with Gasteiger partial charge in [0.2, 0.25) is 0 Å². The van der Waals surface area contributed by atoms with Crippen molar-refractivity contribution >= 4 is 41.5 Å². The predicted molar refractivity (Wildman–Crippen MR) is 144 cm³/mol. The summed E-state index contributed by atoms with van der Waals surface area (Å²) in [6.45, 7) is -0.485. The van der Waals surface area contributed by atoms with Crippen LogP contribution in [-0.2, 0) is 9.59 Å². The molecule has 0 aliphatic rings. The van der Waals surface area contributed by atoms with E-state index < -0.39 is 12.6 Å². The van der Waals surface area contributed by atoms with Crippen molar-refractivity contribution in [1.29, 1.82) is 0 Å². The van der Waals surface area contributed by atoms with Crippen LogP contribution in [0.25, 0.3) is 17.1 Å². The molecule has 0 aliphatic heterocycles. The zero-order valence-corrected chi connectivity index (χ0v) is 21.6. The third-order valence-corrected chi connectivity index (χ3v) is 6.24. The van der Waals surface area contributed by atoms with E-state index in [2.05, 4.69) is 20.7 Å². The second-order valence-corrected chi connectivity index (χ2v) is 9.03. The summed E-state index contributed by atoms with van der Waals surface area (Å²) in [5.41, 5.74) is 4.58. The number of thioether (sulfide) groups is 1. The SMILES string of the molecule is COc1ccc(-c2nnc(SCC(=O)N/N=C/c3ccccc3OCC(=O)O)n2-c2ccc(Cl)cc2)cc1. The largest absolute Gasteiger partial charge is 0.497 e. The van der Waals surface area contributed by atoms with E-state index in [1.165, 1.54) is 18.0 Å². The van der Waals surface area contributed by atoms with E-state index in [1.807, 2.05) is 41.0 Å². The van der Waals surface area contributed by atoms with Crippen molar-refractivity contribution in [3.05, 3.63) is 83.4 Å². The number of halogens is 1. The van der Waals surface area contributed by atoms with Crippen LogP contribution in [0.5, 0.6) is 11.5 Å². The molecule has 10 nitrogen and oxygen atoms in total. The van der Waals surface area contributed by atoms with Gasteiger partial charge in [-0.1, -0.05) is 35.5 Å². The summed E-state index contributed by atoms with van der Waals surface area (Å²) in [5.74, 6) is 0.200. The topological polar surface area (TPSA) is 128 Å². The second-order valence-electron chi connectivity index (χ2n) is 7.65. The van der Waals surface area contributed by atoms with E-state index in [0.29, 0.717) is 33.1 Å². The average Bonchev–Trinajstić information content (AvgIpc) is 3.35. The summed E-state index contributed by atoms with van der Waals surface area (Å²) in [4.78, 5) is 23.3. The smallest absolute Gasteiger partial charge is 0.341 e. The molecule has 0 saturated heterocycles. The van der Waals surface area contributed by atoms with Gasteiger partial charge in [0.1, 0.15) is 11.5 Å². The van der Waals surface area contributed by atoms with Gasteiger partial charge in [0, 0.05) is 21.8 Å². The highest BCUT2D eigenvalue weighted by atomic mass is 35.5. The predicted octanol–water partition coefficient (Wildman–Crippen LogP) is 4.30. The van der Waals surface area contributed by atoms with Crippen molar-refractivity contribution in [2.24, 2.45) is 5.10 Å². The number of aliphatic carboxylic acids is 1. The minimum Gasteiger partial charge on any atom is -0.497 e. The first-order chi connectivity index (χ1) is 18.4.